The first-order valence-electron chi connectivity index (χ1n) is 7.76. The van der Waals surface area contributed by atoms with Crippen LogP contribution in [0.3, 0.4) is 0 Å². The molecule has 1 aliphatic rings. The van der Waals surface area contributed by atoms with Crippen LogP contribution < -0.4 is 10.2 Å². The van der Waals surface area contributed by atoms with Crippen LogP contribution in [-0.4, -0.2) is 29.0 Å². The molecule has 1 amide bonds. The molecule has 6 nitrogen and oxygen atoms in total. The summed E-state index contributed by atoms with van der Waals surface area (Å²) in [6, 6.07) is 3.56. The minimum atomic E-state index is -0.231. The smallest absolute Gasteiger partial charge is 0.248 e. The zero-order valence-corrected chi connectivity index (χ0v) is 13.4. The number of hydrogen-bond acceptors (Lipinski definition) is 5. The highest BCUT2D eigenvalue weighted by molar-refractivity contribution is 6.02. The lowest BCUT2D eigenvalue weighted by Crippen LogP contribution is -2.22. The monoisotopic (exact) mass is 312 g/mol. The number of carbonyl (C=O) groups is 1. The van der Waals surface area contributed by atoms with Gasteiger partial charge in [-0.05, 0) is 44.9 Å². The highest BCUT2D eigenvalue weighted by Crippen LogP contribution is 2.22. The first kappa shape index (κ1) is 15.3. The van der Waals surface area contributed by atoms with Crippen molar-refractivity contribution < 1.29 is 9.21 Å². The average molecular weight is 312 g/mol. The summed E-state index contributed by atoms with van der Waals surface area (Å²) < 4.78 is 5.16. The van der Waals surface area contributed by atoms with Crippen LogP contribution in [0.4, 0.5) is 11.6 Å². The van der Waals surface area contributed by atoms with Crippen molar-refractivity contribution in [2.24, 2.45) is 0 Å². The molecular formula is C17H20N4O2. The molecule has 0 saturated carbocycles. The van der Waals surface area contributed by atoms with E-state index in [-0.39, 0.29) is 5.91 Å². The Hall–Kier alpha value is -2.63. The summed E-state index contributed by atoms with van der Waals surface area (Å²) in [6.45, 7) is 5.77. The van der Waals surface area contributed by atoms with Crippen LogP contribution >= 0.6 is 0 Å². The van der Waals surface area contributed by atoms with E-state index >= 15 is 0 Å². The van der Waals surface area contributed by atoms with Crippen LogP contribution in [0, 0.1) is 13.8 Å². The van der Waals surface area contributed by atoms with E-state index in [1.807, 2.05) is 13.8 Å². The molecule has 2 aromatic rings. The van der Waals surface area contributed by atoms with Gasteiger partial charge in [0, 0.05) is 19.2 Å². The maximum Gasteiger partial charge on any atom is 0.248 e. The molecule has 3 rings (SSSR count). The first-order chi connectivity index (χ1) is 11.1. The average Bonchev–Trinajstić information content (AvgIpc) is 3.21. The number of nitrogens with one attached hydrogen (secondary N) is 1. The number of hydrogen-bond donors (Lipinski definition) is 1. The summed E-state index contributed by atoms with van der Waals surface area (Å²) in [5, 5.41) is 2.85. The molecule has 1 fully saturated rings. The molecule has 1 aliphatic heterocycles. The minimum Gasteiger partial charge on any atom is -0.465 e. The first-order valence-corrected chi connectivity index (χ1v) is 7.76. The molecule has 0 unspecified atom stereocenters. The van der Waals surface area contributed by atoms with Crippen molar-refractivity contribution in [3.63, 3.8) is 0 Å². The maximum absolute atomic E-state index is 12.0. The normalized spacial score (nSPS) is 14.6. The third kappa shape index (κ3) is 3.59. The lowest BCUT2D eigenvalue weighted by atomic mass is 10.2. The Morgan fingerprint density at radius 2 is 1.96 bits per heavy atom. The molecule has 0 radical (unpaired) electrons. The Bertz CT molecular complexity index is 693. The van der Waals surface area contributed by atoms with Crippen LogP contribution in [0.1, 0.15) is 30.0 Å². The third-order valence-electron chi connectivity index (χ3n) is 3.84. The minimum absolute atomic E-state index is 0.231. The van der Waals surface area contributed by atoms with Crippen molar-refractivity contribution >= 4 is 23.6 Å². The van der Waals surface area contributed by atoms with Crippen molar-refractivity contribution in [2.75, 3.05) is 23.3 Å². The summed E-state index contributed by atoms with van der Waals surface area (Å²) in [6.07, 6.45) is 6.98. The van der Waals surface area contributed by atoms with E-state index in [2.05, 4.69) is 20.2 Å². The van der Waals surface area contributed by atoms with Crippen molar-refractivity contribution in [3.05, 3.63) is 41.6 Å². The second-order valence-electron chi connectivity index (χ2n) is 5.60. The Morgan fingerprint density at radius 3 is 2.57 bits per heavy atom. The topological polar surface area (TPSA) is 71.3 Å². The van der Waals surface area contributed by atoms with Crippen molar-refractivity contribution in [2.45, 2.75) is 26.7 Å². The zero-order valence-electron chi connectivity index (χ0n) is 13.4. The van der Waals surface area contributed by atoms with Gasteiger partial charge in [0.2, 0.25) is 11.9 Å². The van der Waals surface area contributed by atoms with Crippen molar-refractivity contribution in [1.82, 2.24) is 9.97 Å². The van der Waals surface area contributed by atoms with E-state index < -0.39 is 0 Å². The second kappa shape index (κ2) is 6.64. The van der Waals surface area contributed by atoms with Gasteiger partial charge in [0.05, 0.1) is 23.3 Å². The Labute approximate surface area is 135 Å². The van der Waals surface area contributed by atoms with E-state index in [0.29, 0.717) is 11.4 Å². The second-order valence-corrected chi connectivity index (χ2v) is 5.60. The van der Waals surface area contributed by atoms with Gasteiger partial charge in [0.25, 0.3) is 0 Å². The van der Waals surface area contributed by atoms with Crippen molar-refractivity contribution in [1.29, 1.82) is 0 Å². The SMILES string of the molecule is Cc1nc(N2CCCC2)nc(C)c1NC(=O)/C=C/c1ccco1. The molecular weight excluding hydrogens is 292 g/mol. The summed E-state index contributed by atoms with van der Waals surface area (Å²) in [7, 11) is 0. The van der Waals surface area contributed by atoms with Crippen LogP contribution in [-0.2, 0) is 4.79 Å². The fourth-order valence-electron chi connectivity index (χ4n) is 2.65. The molecule has 0 bridgehead atoms. The van der Waals surface area contributed by atoms with Crippen LogP contribution in [0.25, 0.3) is 6.08 Å². The lowest BCUT2D eigenvalue weighted by Gasteiger charge is -2.18. The number of aromatic nitrogens is 2. The maximum atomic E-state index is 12.0. The zero-order chi connectivity index (χ0) is 16.2. The molecule has 0 spiro atoms. The summed E-state index contributed by atoms with van der Waals surface area (Å²) in [5.74, 6) is 1.15. The number of rotatable bonds is 4. The fourth-order valence-corrected chi connectivity index (χ4v) is 2.65. The van der Waals surface area contributed by atoms with Crippen LogP contribution in [0.2, 0.25) is 0 Å². The number of nitrogens with zero attached hydrogens (tertiary/aromatic N) is 3. The summed E-state index contributed by atoms with van der Waals surface area (Å²) in [4.78, 5) is 23.3. The highest BCUT2D eigenvalue weighted by atomic mass is 16.3. The quantitative estimate of drug-likeness (QED) is 0.879. The van der Waals surface area contributed by atoms with Crippen LogP contribution in [0.15, 0.2) is 28.9 Å². The van der Waals surface area contributed by atoms with Gasteiger partial charge >= 0.3 is 0 Å². The Morgan fingerprint density at radius 1 is 1.26 bits per heavy atom. The van der Waals surface area contributed by atoms with E-state index in [1.165, 1.54) is 18.9 Å². The molecule has 0 aromatic carbocycles. The summed E-state index contributed by atoms with van der Waals surface area (Å²) >= 11 is 0. The van der Waals surface area contributed by atoms with Gasteiger partial charge in [-0.25, -0.2) is 9.97 Å². The number of furan rings is 1. The molecule has 0 atom stereocenters. The van der Waals surface area contributed by atoms with Crippen LogP contribution in [0.5, 0.6) is 0 Å². The van der Waals surface area contributed by atoms with Gasteiger partial charge in [0.1, 0.15) is 5.76 Å². The Kier molecular flexibility index (Phi) is 4.41. The number of carbonyl (C=O) groups excluding carboxylic acids is 1. The molecule has 0 aliphatic carbocycles. The molecule has 120 valence electrons. The number of amides is 1. The standard InChI is InChI=1S/C17H20N4O2/c1-12-16(20-15(22)8-7-14-6-5-11-23-14)13(2)19-17(18-12)21-9-3-4-10-21/h5-8,11H,3-4,9-10H2,1-2H3,(H,20,22)/b8-7+. The number of anilines is 2. The predicted molar refractivity (Wildman–Crippen MR) is 89.3 cm³/mol. The third-order valence-corrected chi connectivity index (χ3v) is 3.84. The predicted octanol–water partition coefficient (Wildman–Crippen LogP) is 2.94. The van der Waals surface area contributed by atoms with Gasteiger partial charge in [0.15, 0.2) is 0 Å². The summed E-state index contributed by atoms with van der Waals surface area (Å²) in [5.41, 5.74) is 2.22. The van der Waals surface area contributed by atoms with Gasteiger partial charge < -0.3 is 14.6 Å². The fraction of sp³-hybridized carbons (Fsp3) is 0.353. The molecule has 1 saturated heterocycles. The molecule has 23 heavy (non-hydrogen) atoms. The van der Waals surface area contributed by atoms with E-state index in [1.54, 1.807) is 24.5 Å². The van der Waals surface area contributed by atoms with Gasteiger partial charge in [-0.2, -0.15) is 0 Å². The largest absolute Gasteiger partial charge is 0.465 e. The molecule has 2 aromatic heterocycles. The lowest BCUT2D eigenvalue weighted by molar-refractivity contribution is -0.111. The Balaban J connectivity index is 1.73. The molecule has 3 heterocycles. The van der Waals surface area contributed by atoms with Gasteiger partial charge in [-0.1, -0.05) is 0 Å². The van der Waals surface area contributed by atoms with E-state index in [9.17, 15) is 4.79 Å². The molecule has 6 heteroatoms. The van der Waals surface area contributed by atoms with Gasteiger partial charge in [-0.3, -0.25) is 4.79 Å². The van der Waals surface area contributed by atoms with E-state index in [0.717, 1.165) is 30.4 Å². The van der Waals surface area contributed by atoms with E-state index in [4.69, 9.17) is 4.42 Å². The highest BCUT2D eigenvalue weighted by Gasteiger charge is 2.18. The van der Waals surface area contributed by atoms with Gasteiger partial charge in [-0.15, -0.1) is 0 Å². The van der Waals surface area contributed by atoms with Crippen molar-refractivity contribution in [3.8, 4) is 0 Å². The molecule has 1 N–H and O–H groups in total. The number of aryl methyl sites for hydroxylation is 2.